The third-order valence-electron chi connectivity index (χ3n) is 4.04. The van der Waals surface area contributed by atoms with Gasteiger partial charge in [0.05, 0.1) is 17.3 Å². The zero-order valence-corrected chi connectivity index (χ0v) is 13.4. The molecule has 0 saturated heterocycles. The minimum absolute atomic E-state index is 0.0639. The molecule has 1 atom stereocenters. The van der Waals surface area contributed by atoms with Gasteiger partial charge in [-0.2, -0.15) is 5.10 Å². The van der Waals surface area contributed by atoms with Gasteiger partial charge in [-0.05, 0) is 30.4 Å². The summed E-state index contributed by atoms with van der Waals surface area (Å²) in [5.74, 6) is -0.0639. The SMILES string of the molecule is CC1c2ccsc2CCN1C(=O)c1cc2ncc(Cl)cn2n1. The van der Waals surface area contributed by atoms with Crippen LogP contribution in [0.25, 0.3) is 5.65 Å². The predicted octanol–water partition coefficient (Wildman–Crippen LogP) is 3.20. The van der Waals surface area contributed by atoms with Crippen LogP contribution in [0.5, 0.6) is 0 Å². The molecule has 1 aliphatic rings. The van der Waals surface area contributed by atoms with Crippen LogP contribution in [0.1, 0.15) is 33.9 Å². The second-order valence-corrected chi connectivity index (χ2v) is 6.77. The van der Waals surface area contributed by atoms with Crippen LogP contribution in [0.2, 0.25) is 5.02 Å². The van der Waals surface area contributed by atoms with E-state index in [1.54, 1.807) is 34.3 Å². The molecule has 5 nitrogen and oxygen atoms in total. The van der Waals surface area contributed by atoms with Gasteiger partial charge in [-0.15, -0.1) is 11.3 Å². The first kappa shape index (κ1) is 13.7. The number of amides is 1. The first-order valence-corrected chi connectivity index (χ1v) is 8.27. The fraction of sp³-hybridized carbons (Fsp3) is 0.267. The number of fused-ring (bicyclic) bond motifs is 2. The number of hydrogen-bond donors (Lipinski definition) is 0. The molecule has 1 amide bonds. The van der Waals surface area contributed by atoms with Crippen LogP contribution < -0.4 is 0 Å². The maximum absolute atomic E-state index is 12.8. The van der Waals surface area contributed by atoms with Crippen LogP contribution in [0, 0.1) is 0 Å². The molecule has 3 aromatic heterocycles. The number of halogens is 1. The maximum Gasteiger partial charge on any atom is 0.274 e. The number of thiophene rings is 1. The van der Waals surface area contributed by atoms with E-state index in [0.717, 1.165) is 13.0 Å². The zero-order valence-electron chi connectivity index (χ0n) is 11.9. The molecule has 4 rings (SSSR count). The topological polar surface area (TPSA) is 50.5 Å². The van der Waals surface area contributed by atoms with Crippen molar-refractivity contribution < 1.29 is 4.79 Å². The van der Waals surface area contributed by atoms with Crippen molar-refractivity contribution in [3.8, 4) is 0 Å². The average Bonchev–Trinajstić information content (AvgIpc) is 3.12. The quantitative estimate of drug-likeness (QED) is 0.687. The van der Waals surface area contributed by atoms with Gasteiger partial charge < -0.3 is 4.90 Å². The van der Waals surface area contributed by atoms with Crippen molar-refractivity contribution in [1.29, 1.82) is 0 Å². The Kier molecular flexibility index (Phi) is 3.16. The third kappa shape index (κ3) is 2.10. The van der Waals surface area contributed by atoms with Gasteiger partial charge in [0.15, 0.2) is 11.3 Å². The summed E-state index contributed by atoms with van der Waals surface area (Å²) in [6.07, 6.45) is 4.10. The molecule has 4 heterocycles. The van der Waals surface area contributed by atoms with Gasteiger partial charge in [0, 0.05) is 23.7 Å². The lowest BCUT2D eigenvalue weighted by Gasteiger charge is -2.33. The number of hydrogen-bond acceptors (Lipinski definition) is 4. The fourth-order valence-corrected chi connectivity index (χ4v) is 4.00. The van der Waals surface area contributed by atoms with E-state index in [2.05, 4.69) is 28.5 Å². The van der Waals surface area contributed by atoms with E-state index in [1.807, 2.05) is 4.90 Å². The van der Waals surface area contributed by atoms with E-state index in [-0.39, 0.29) is 11.9 Å². The smallest absolute Gasteiger partial charge is 0.274 e. The van der Waals surface area contributed by atoms with Crippen LogP contribution in [-0.4, -0.2) is 31.9 Å². The lowest BCUT2D eigenvalue weighted by Crippen LogP contribution is -2.38. The molecule has 112 valence electrons. The molecule has 0 bridgehead atoms. The standard InChI is InChI=1S/C15H13ClN4OS/c1-9-11-3-5-22-13(11)2-4-19(9)15(21)12-6-14-17-7-10(16)8-20(14)18-12/h3,5-9H,2,4H2,1H3. The highest BCUT2D eigenvalue weighted by atomic mass is 35.5. The molecule has 22 heavy (non-hydrogen) atoms. The van der Waals surface area contributed by atoms with Crippen molar-refractivity contribution in [1.82, 2.24) is 19.5 Å². The number of nitrogens with zero attached hydrogens (tertiary/aromatic N) is 4. The van der Waals surface area contributed by atoms with E-state index in [0.29, 0.717) is 16.4 Å². The molecule has 0 radical (unpaired) electrons. The zero-order chi connectivity index (χ0) is 15.3. The summed E-state index contributed by atoms with van der Waals surface area (Å²) in [5, 5.41) is 6.89. The summed E-state index contributed by atoms with van der Waals surface area (Å²) in [4.78, 5) is 20.2. The van der Waals surface area contributed by atoms with Crippen molar-refractivity contribution >= 4 is 34.5 Å². The first-order valence-electron chi connectivity index (χ1n) is 7.01. The summed E-state index contributed by atoms with van der Waals surface area (Å²) in [6.45, 7) is 2.78. The second kappa shape index (κ2) is 5.07. The molecule has 0 spiro atoms. The lowest BCUT2D eigenvalue weighted by molar-refractivity contribution is 0.0673. The van der Waals surface area contributed by atoms with Crippen molar-refractivity contribution in [3.05, 3.63) is 51.1 Å². The van der Waals surface area contributed by atoms with Gasteiger partial charge >= 0.3 is 0 Å². The molecule has 7 heteroatoms. The minimum atomic E-state index is -0.0639. The molecular formula is C15H13ClN4OS. The van der Waals surface area contributed by atoms with Crippen LogP contribution in [0.4, 0.5) is 0 Å². The Morgan fingerprint density at radius 2 is 2.36 bits per heavy atom. The Morgan fingerprint density at radius 3 is 3.23 bits per heavy atom. The Hall–Kier alpha value is -1.92. The minimum Gasteiger partial charge on any atom is -0.330 e. The van der Waals surface area contributed by atoms with Gasteiger partial charge in [-0.1, -0.05) is 11.6 Å². The Morgan fingerprint density at radius 1 is 1.50 bits per heavy atom. The highest BCUT2D eigenvalue weighted by Crippen LogP contribution is 2.33. The van der Waals surface area contributed by atoms with Gasteiger partial charge in [0.2, 0.25) is 0 Å². The largest absolute Gasteiger partial charge is 0.330 e. The highest BCUT2D eigenvalue weighted by Gasteiger charge is 2.30. The number of carbonyl (C=O) groups excluding carboxylic acids is 1. The van der Waals surface area contributed by atoms with E-state index < -0.39 is 0 Å². The molecule has 3 aromatic rings. The average molecular weight is 333 g/mol. The predicted molar refractivity (Wildman–Crippen MR) is 85.5 cm³/mol. The Labute approximate surface area is 136 Å². The van der Waals surface area contributed by atoms with E-state index in [1.165, 1.54) is 10.4 Å². The highest BCUT2D eigenvalue weighted by molar-refractivity contribution is 7.10. The number of rotatable bonds is 1. The van der Waals surface area contributed by atoms with Gasteiger partial charge in [0.1, 0.15) is 0 Å². The first-order chi connectivity index (χ1) is 10.6. The fourth-order valence-electron chi connectivity index (χ4n) is 2.89. The number of carbonyl (C=O) groups is 1. The lowest BCUT2D eigenvalue weighted by atomic mass is 10.0. The Balaban J connectivity index is 1.68. The summed E-state index contributed by atoms with van der Waals surface area (Å²) < 4.78 is 1.54. The van der Waals surface area contributed by atoms with Crippen LogP contribution in [-0.2, 0) is 6.42 Å². The molecule has 0 N–H and O–H groups in total. The van der Waals surface area contributed by atoms with Crippen LogP contribution >= 0.6 is 22.9 Å². The molecule has 0 saturated carbocycles. The molecule has 1 aliphatic heterocycles. The normalized spacial score (nSPS) is 17.7. The van der Waals surface area contributed by atoms with Gasteiger partial charge in [0.25, 0.3) is 5.91 Å². The van der Waals surface area contributed by atoms with E-state index in [9.17, 15) is 4.79 Å². The van der Waals surface area contributed by atoms with Crippen molar-refractivity contribution in [2.45, 2.75) is 19.4 Å². The van der Waals surface area contributed by atoms with E-state index in [4.69, 9.17) is 11.6 Å². The summed E-state index contributed by atoms with van der Waals surface area (Å²) in [5.41, 5.74) is 2.27. The van der Waals surface area contributed by atoms with Crippen molar-refractivity contribution in [2.24, 2.45) is 0 Å². The second-order valence-electron chi connectivity index (χ2n) is 5.33. The summed E-state index contributed by atoms with van der Waals surface area (Å²) in [6, 6.07) is 3.88. The molecule has 0 aliphatic carbocycles. The van der Waals surface area contributed by atoms with Crippen molar-refractivity contribution in [3.63, 3.8) is 0 Å². The number of aromatic nitrogens is 3. The molecule has 1 unspecified atom stereocenters. The van der Waals surface area contributed by atoms with Crippen LogP contribution in [0.15, 0.2) is 29.9 Å². The van der Waals surface area contributed by atoms with Gasteiger partial charge in [-0.3, -0.25) is 4.79 Å². The maximum atomic E-state index is 12.8. The monoisotopic (exact) mass is 332 g/mol. The molecular weight excluding hydrogens is 320 g/mol. The summed E-state index contributed by atoms with van der Waals surface area (Å²) in [7, 11) is 0. The van der Waals surface area contributed by atoms with E-state index >= 15 is 0 Å². The molecule has 0 fully saturated rings. The third-order valence-corrected chi connectivity index (χ3v) is 5.23. The molecule has 0 aromatic carbocycles. The van der Waals surface area contributed by atoms with Crippen LogP contribution in [0.3, 0.4) is 0 Å². The Bertz CT molecular complexity index is 871. The summed E-state index contributed by atoms with van der Waals surface area (Å²) >= 11 is 7.67. The van der Waals surface area contributed by atoms with Crippen molar-refractivity contribution in [2.75, 3.05) is 6.54 Å². The van der Waals surface area contributed by atoms with Gasteiger partial charge in [-0.25, -0.2) is 9.50 Å².